The minimum Gasteiger partial charge on any atom is -0.325 e. The standard InChI is InChI=1S/C16H19FN4OS/c1-5-8-21-12(4)19-20-16(21)23-11(3)15(22)18-13-7-6-10(2)14(17)9-13/h5-7,9,11H,1,8H2,2-4H3,(H,18,22)/t11-/m1/s1. The van der Waals surface area contributed by atoms with Gasteiger partial charge in [-0.15, -0.1) is 16.8 Å². The molecule has 0 aliphatic rings. The van der Waals surface area contributed by atoms with Gasteiger partial charge in [-0.3, -0.25) is 4.79 Å². The Kier molecular flexibility index (Phi) is 5.54. The lowest BCUT2D eigenvalue weighted by Gasteiger charge is -2.12. The highest BCUT2D eigenvalue weighted by molar-refractivity contribution is 8.00. The van der Waals surface area contributed by atoms with Gasteiger partial charge in [-0.1, -0.05) is 23.9 Å². The predicted molar refractivity (Wildman–Crippen MR) is 90.0 cm³/mol. The summed E-state index contributed by atoms with van der Waals surface area (Å²) in [4.78, 5) is 12.3. The van der Waals surface area contributed by atoms with Crippen molar-refractivity contribution in [2.24, 2.45) is 0 Å². The summed E-state index contributed by atoms with van der Waals surface area (Å²) >= 11 is 1.30. The lowest BCUT2D eigenvalue weighted by atomic mass is 10.2. The molecule has 0 spiro atoms. The quantitative estimate of drug-likeness (QED) is 0.650. The molecule has 0 radical (unpaired) electrons. The van der Waals surface area contributed by atoms with E-state index in [1.54, 1.807) is 32.1 Å². The zero-order valence-corrected chi connectivity index (χ0v) is 14.2. The Morgan fingerprint density at radius 2 is 2.22 bits per heavy atom. The molecule has 0 saturated carbocycles. The molecule has 1 amide bonds. The topological polar surface area (TPSA) is 59.8 Å². The van der Waals surface area contributed by atoms with Crippen LogP contribution in [0.5, 0.6) is 0 Å². The number of aryl methyl sites for hydroxylation is 2. The number of carbonyl (C=O) groups is 1. The summed E-state index contributed by atoms with van der Waals surface area (Å²) in [5, 5.41) is 11.1. The van der Waals surface area contributed by atoms with Crippen LogP contribution in [0.4, 0.5) is 10.1 Å². The monoisotopic (exact) mass is 334 g/mol. The molecule has 2 rings (SSSR count). The van der Waals surface area contributed by atoms with Gasteiger partial charge in [-0.05, 0) is 38.5 Å². The summed E-state index contributed by atoms with van der Waals surface area (Å²) < 4.78 is 15.4. The van der Waals surface area contributed by atoms with Crippen molar-refractivity contribution >= 4 is 23.4 Å². The number of nitrogens with zero attached hydrogens (tertiary/aromatic N) is 3. The molecule has 23 heavy (non-hydrogen) atoms. The van der Waals surface area contributed by atoms with Crippen molar-refractivity contribution in [1.29, 1.82) is 0 Å². The van der Waals surface area contributed by atoms with Crippen molar-refractivity contribution in [2.45, 2.75) is 37.7 Å². The summed E-state index contributed by atoms with van der Waals surface area (Å²) in [7, 11) is 0. The second kappa shape index (κ2) is 7.41. The molecule has 1 aromatic carbocycles. The first-order valence-electron chi connectivity index (χ1n) is 7.16. The number of thioether (sulfide) groups is 1. The van der Waals surface area contributed by atoms with E-state index in [1.807, 2.05) is 11.5 Å². The zero-order chi connectivity index (χ0) is 17.0. The number of aromatic nitrogens is 3. The van der Waals surface area contributed by atoms with Crippen LogP contribution in [0.3, 0.4) is 0 Å². The molecule has 0 bridgehead atoms. The van der Waals surface area contributed by atoms with E-state index >= 15 is 0 Å². The van der Waals surface area contributed by atoms with Gasteiger partial charge >= 0.3 is 0 Å². The molecule has 7 heteroatoms. The first-order valence-corrected chi connectivity index (χ1v) is 8.04. The molecule has 1 aromatic heterocycles. The number of allylic oxidation sites excluding steroid dienone is 1. The highest BCUT2D eigenvalue weighted by Gasteiger charge is 2.19. The molecule has 1 heterocycles. The van der Waals surface area contributed by atoms with Crippen molar-refractivity contribution in [3.05, 3.63) is 48.1 Å². The third-order valence-corrected chi connectivity index (χ3v) is 4.38. The van der Waals surface area contributed by atoms with E-state index in [1.165, 1.54) is 17.8 Å². The van der Waals surface area contributed by atoms with Gasteiger partial charge in [-0.2, -0.15) is 0 Å². The second-order valence-electron chi connectivity index (χ2n) is 5.14. The number of rotatable bonds is 6. The molecular weight excluding hydrogens is 315 g/mol. The molecule has 0 aliphatic heterocycles. The number of amides is 1. The lowest BCUT2D eigenvalue weighted by Crippen LogP contribution is -2.23. The maximum atomic E-state index is 13.5. The van der Waals surface area contributed by atoms with E-state index in [4.69, 9.17) is 0 Å². The average molecular weight is 334 g/mol. The van der Waals surface area contributed by atoms with Crippen LogP contribution >= 0.6 is 11.8 Å². The molecule has 2 aromatic rings. The van der Waals surface area contributed by atoms with Crippen LogP contribution in [-0.4, -0.2) is 25.9 Å². The van der Waals surface area contributed by atoms with Gasteiger partial charge in [0.05, 0.1) is 5.25 Å². The average Bonchev–Trinajstić information content (AvgIpc) is 2.84. The van der Waals surface area contributed by atoms with Crippen LogP contribution in [0.2, 0.25) is 0 Å². The van der Waals surface area contributed by atoms with Gasteiger partial charge in [0.2, 0.25) is 5.91 Å². The van der Waals surface area contributed by atoms with Gasteiger partial charge in [0, 0.05) is 12.2 Å². The molecular formula is C16H19FN4OS. The number of halogens is 1. The fourth-order valence-electron chi connectivity index (χ4n) is 1.91. The molecule has 0 unspecified atom stereocenters. The van der Waals surface area contributed by atoms with E-state index in [-0.39, 0.29) is 11.7 Å². The maximum absolute atomic E-state index is 13.5. The molecule has 5 nitrogen and oxygen atoms in total. The number of anilines is 1. The molecule has 0 aliphatic carbocycles. The van der Waals surface area contributed by atoms with E-state index in [0.29, 0.717) is 23.0 Å². The van der Waals surface area contributed by atoms with Crippen molar-refractivity contribution in [3.8, 4) is 0 Å². The van der Waals surface area contributed by atoms with E-state index < -0.39 is 5.25 Å². The Morgan fingerprint density at radius 3 is 2.87 bits per heavy atom. The Bertz CT molecular complexity index is 729. The first kappa shape index (κ1) is 17.2. The van der Waals surface area contributed by atoms with Crippen LogP contribution in [0.15, 0.2) is 36.0 Å². The highest BCUT2D eigenvalue weighted by atomic mass is 32.2. The zero-order valence-electron chi connectivity index (χ0n) is 13.3. The molecule has 122 valence electrons. The summed E-state index contributed by atoms with van der Waals surface area (Å²) in [6.45, 7) is 9.58. The number of hydrogen-bond donors (Lipinski definition) is 1. The maximum Gasteiger partial charge on any atom is 0.237 e. The van der Waals surface area contributed by atoms with Crippen LogP contribution in [0, 0.1) is 19.7 Å². The number of nitrogens with one attached hydrogen (secondary N) is 1. The molecule has 1 N–H and O–H groups in total. The van der Waals surface area contributed by atoms with Gasteiger partial charge in [-0.25, -0.2) is 4.39 Å². The lowest BCUT2D eigenvalue weighted by molar-refractivity contribution is -0.115. The van der Waals surface area contributed by atoms with Crippen LogP contribution in [0.1, 0.15) is 18.3 Å². The minimum absolute atomic E-state index is 0.218. The van der Waals surface area contributed by atoms with Crippen molar-refractivity contribution in [2.75, 3.05) is 5.32 Å². The Morgan fingerprint density at radius 1 is 1.48 bits per heavy atom. The fraction of sp³-hybridized carbons (Fsp3) is 0.312. The van der Waals surface area contributed by atoms with Gasteiger partial charge in [0.15, 0.2) is 5.16 Å². The fourth-order valence-corrected chi connectivity index (χ4v) is 2.82. The largest absolute Gasteiger partial charge is 0.325 e. The summed E-state index contributed by atoms with van der Waals surface area (Å²) in [6.07, 6.45) is 1.75. The van der Waals surface area contributed by atoms with E-state index in [2.05, 4.69) is 22.1 Å². The van der Waals surface area contributed by atoms with Gasteiger partial charge < -0.3 is 9.88 Å². The van der Waals surface area contributed by atoms with Crippen molar-refractivity contribution in [1.82, 2.24) is 14.8 Å². The number of hydrogen-bond acceptors (Lipinski definition) is 4. The minimum atomic E-state index is -0.397. The Labute approximate surface area is 139 Å². The van der Waals surface area contributed by atoms with E-state index in [9.17, 15) is 9.18 Å². The highest BCUT2D eigenvalue weighted by Crippen LogP contribution is 2.23. The molecule has 0 saturated heterocycles. The Balaban J connectivity index is 2.05. The number of benzene rings is 1. The predicted octanol–water partition coefficient (Wildman–Crippen LogP) is 3.34. The first-order chi connectivity index (χ1) is 10.9. The van der Waals surface area contributed by atoms with Crippen molar-refractivity contribution in [3.63, 3.8) is 0 Å². The molecule has 1 atom stereocenters. The molecule has 0 fully saturated rings. The second-order valence-corrected chi connectivity index (χ2v) is 6.45. The Hall–Kier alpha value is -2.15. The smallest absolute Gasteiger partial charge is 0.237 e. The van der Waals surface area contributed by atoms with Crippen LogP contribution < -0.4 is 5.32 Å². The van der Waals surface area contributed by atoms with E-state index in [0.717, 1.165) is 5.82 Å². The summed E-state index contributed by atoms with van der Waals surface area (Å²) in [6, 6.07) is 4.62. The van der Waals surface area contributed by atoms with Gasteiger partial charge in [0.25, 0.3) is 0 Å². The van der Waals surface area contributed by atoms with Gasteiger partial charge in [0.1, 0.15) is 11.6 Å². The van der Waals surface area contributed by atoms with Crippen LogP contribution in [0.25, 0.3) is 0 Å². The SMILES string of the molecule is C=CCn1c(C)nnc1S[C@H](C)C(=O)Nc1ccc(C)c(F)c1. The third-order valence-electron chi connectivity index (χ3n) is 3.30. The number of carbonyl (C=O) groups excluding carboxylic acids is 1. The third kappa shape index (κ3) is 4.19. The van der Waals surface area contributed by atoms with Crippen LogP contribution in [-0.2, 0) is 11.3 Å². The summed E-state index contributed by atoms with van der Waals surface area (Å²) in [5.74, 6) is 0.203. The summed E-state index contributed by atoms with van der Waals surface area (Å²) in [5.41, 5.74) is 0.979. The van der Waals surface area contributed by atoms with Crippen molar-refractivity contribution < 1.29 is 9.18 Å². The normalized spacial score (nSPS) is 12.0.